The SMILES string of the molecule is CNCCCC(OC(N)=O)C(C)(C)C. The van der Waals surface area contributed by atoms with Gasteiger partial charge in [-0.05, 0) is 31.8 Å². The Morgan fingerprint density at radius 3 is 2.43 bits per heavy atom. The van der Waals surface area contributed by atoms with Crippen molar-refractivity contribution in [2.75, 3.05) is 13.6 Å². The second kappa shape index (κ2) is 5.86. The third kappa shape index (κ3) is 5.80. The van der Waals surface area contributed by atoms with E-state index in [1.165, 1.54) is 0 Å². The number of amides is 1. The van der Waals surface area contributed by atoms with Gasteiger partial charge in [-0.3, -0.25) is 0 Å². The van der Waals surface area contributed by atoms with Gasteiger partial charge in [0.1, 0.15) is 6.10 Å². The van der Waals surface area contributed by atoms with Crippen molar-refractivity contribution in [3.8, 4) is 0 Å². The molecule has 0 aliphatic heterocycles. The summed E-state index contributed by atoms with van der Waals surface area (Å²) in [7, 11) is 1.90. The second-order valence-electron chi connectivity index (χ2n) is 4.54. The number of nitrogens with two attached hydrogens (primary N) is 1. The third-order valence-electron chi connectivity index (χ3n) is 2.12. The lowest BCUT2D eigenvalue weighted by molar-refractivity contribution is 0.0303. The summed E-state index contributed by atoms with van der Waals surface area (Å²) < 4.78 is 5.07. The minimum atomic E-state index is -0.686. The van der Waals surface area contributed by atoms with Crippen LogP contribution in [0, 0.1) is 5.41 Å². The van der Waals surface area contributed by atoms with Crippen LogP contribution in [0.1, 0.15) is 33.6 Å². The van der Waals surface area contributed by atoms with Gasteiger partial charge < -0.3 is 15.8 Å². The summed E-state index contributed by atoms with van der Waals surface area (Å²) >= 11 is 0. The molecule has 0 saturated carbocycles. The summed E-state index contributed by atoms with van der Waals surface area (Å²) in [5.41, 5.74) is 4.96. The number of hydrogen-bond acceptors (Lipinski definition) is 3. The van der Waals surface area contributed by atoms with Gasteiger partial charge in [0.05, 0.1) is 0 Å². The maximum atomic E-state index is 10.7. The van der Waals surface area contributed by atoms with E-state index in [9.17, 15) is 4.79 Å². The average molecular weight is 202 g/mol. The van der Waals surface area contributed by atoms with Gasteiger partial charge in [-0.15, -0.1) is 0 Å². The Morgan fingerprint density at radius 2 is 2.07 bits per heavy atom. The lowest BCUT2D eigenvalue weighted by Gasteiger charge is -2.29. The molecule has 0 bridgehead atoms. The topological polar surface area (TPSA) is 64.3 Å². The molecule has 1 amide bonds. The molecule has 0 radical (unpaired) electrons. The predicted octanol–water partition coefficient (Wildman–Crippen LogP) is 1.50. The van der Waals surface area contributed by atoms with Gasteiger partial charge in [-0.25, -0.2) is 4.79 Å². The number of carbonyl (C=O) groups excluding carboxylic acids is 1. The van der Waals surface area contributed by atoms with Gasteiger partial charge in [0, 0.05) is 0 Å². The molecule has 4 nitrogen and oxygen atoms in total. The molecule has 0 heterocycles. The van der Waals surface area contributed by atoms with Crippen LogP contribution in [0.25, 0.3) is 0 Å². The molecule has 0 aromatic heterocycles. The maximum Gasteiger partial charge on any atom is 0.404 e. The fourth-order valence-corrected chi connectivity index (χ4v) is 1.27. The fourth-order valence-electron chi connectivity index (χ4n) is 1.27. The van der Waals surface area contributed by atoms with E-state index in [4.69, 9.17) is 10.5 Å². The monoisotopic (exact) mass is 202 g/mol. The molecule has 4 heteroatoms. The lowest BCUT2D eigenvalue weighted by atomic mass is 9.86. The van der Waals surface area contributed by atoms with E-state index in [0.29, 0.717) is 0 Å². The predicted molar refractivity (Wildman–Crippen MR) is 57.1 cm³/mol. The van der Waals surface area contributed by atoms with Crippen LogP contribution in [0.3, 0.4) is 0 Å². The summed E-state index contributed by atoms with van der Waals surface area (Å²) in [5.74, 6) is 0. The van der Waals surface area contributed by atoms with Crippen molar-refractivity contribution in [1.82, 2.24) is 5.32 Å². The summed E-state index contributed by atoms with van der Waals surface area (Å²) in [5, 5.41) is 3.06. The molecule has 0 spiro atoms. The zero-order chi connectivity index (χ0) is 11.2. The van der Waals surface area contributed by atoms with Crippen LogP contribution in [0.15, 0.2) is 0 Å². The molecule has 0 aromatic carbocycles. The molecular formula is C10H22N2O2. The third-order valence-corrected chi connectivity index (χ3v) is 2.12. The van der Waals surface area contributed by atoms with Gasteiger partial charge in [-0.2, -0.15) is 0 Å². The van der Waals surface area contributed by atoms with Crippen LogP contribution in [0.2, 0.25) is 0 Å². The van der Waals surface area contributed by atoms with Crippen LogP contribution in [-0.4, -0.2) is 25.8 Å². The number of nitrogens with one attached hydrogen (secondary N) is 1. The van der Waals surface area contributed by atoms with E-state index in [-0.39, 0.29) is 11.5 Å². The van der Waals surface area contributed by atoms with Crippen molar-refractivity contribution in [2.24, 2.45) is 11.1 Å². The normalized spacial score (nSPS) is 13.7. The molecule has 0 aliphatic rings. The zero-order valence-corrected chi connectivity index (χ0v) is 9.59. The summed E-state index contributed by atoms with van der Waals surface area (Å²) in [6.45, 7) is 7.05. The van der Waals surface area contributed by atoms with Crippen molar-refractivity contribution in [2.45, 2.75) is 39.7 Å². The number of hydrogen-bond donors (Lipinski definition) is 2. The Bertz CT molecular complexity index is 175. The number of carbonyl (C=O) groups is 1. The van der Waals surface area contributed by atoms with Crippen molar-refractivity contribution >= 4 is 6.09 Å². The quantitative estimate of drug-likeness (QED) is 0.664. The highest BCUT2D eigenvalue weighted by molar-refractivity contribution is 5.64. The summed E-state index contributed by atoms with van der Waals surface area (Å²) in [6, 6.07) is 0. The van der Waals surface area contributed by atoms with E-state index in [1.807, 2.05) is 27.8 Å². The van der Waals surface area contributed by atoms with E-state index in [2.05, 4.69) is 5.32 Å². The molecule has 1 unspecified atom stereocenters. The average Bonchev–Trinajstić information content (AvgIpc) is 2.00. The van der Waals surface area contributed by atoms with Gasteiger partial charge in [0.25, 0.3) is 0 Å². The van der Waals surface area contributed by atoms with Crippen molar-refractivity contribution < 1.29 is 9.53 Å². The molecule has 14 heavy (non-hydrogen) atoms. The Balaban J connectivity index is 4.05. The molecule has 84 valence electrons. The smallest absolute Gasteiger partial charge is 0.404 e. The Kier molecular flexibility index (Phi) is 5.53. The molecule has 0 aromatic rings. The van der Waals surface area contributed by atoms with Crippen LogP contribution in [-0.2, 0) is 4.74 Å². The van der Waals surface area contributed by atoms with Crippen molar-refractivity contribution in [1.29, 1.82) is 0 Å². The fraction of sp³-hybridized carbons (Fsp3) is 0.900. The van der Waals surface area contributed by atoms with E-state index in [1.54, 1.807) is 0 Å². The standard InChI is InChI=1S/C10H22N2O2/c1-10(2,3)8(14-9(11)13)6-5-7-12-4/h8,12H,5-7H2,1-4H3,(H2,11,13). The van der Waals surface area contributed by atoms with Crippen LogP contribution in [0.5, 0.6) is 0 Å². The van der Waals surface area contributed by atoms with Crippen LogP contribution >= 0.6 is 0 Å². The molecular weight excluding hydrogens is 180 g/mol. The van der Waals surface area contributed by atoms with E-state index >= 15 is 0 Å². The highest BCUT2D eigenvalue weighted by Gasteiger charge is 2.26. The first kappa shape index (κ1) is 13.2. The minimum absolute atomic E-state index is 0.0528. The molecule has 1 atom stereocenters. The second-order valence-corrected chi connectivity index (χ2v) is 4.54. The molecule has 0 saturated heterocycles. The summed E-state index contributed by atoms with van der Waals surface area (Å²) in [4.78, 5) is 10.7. The highest BCUT2D eigenvalue weighted by Crippen LogP contribution is 2.25. The first-order chi connectivity index (χ1) is 6.38. The Hall–Kier alpha value is -0.770. The van der Waals surface area contributed by atoms with Gasteiger partial charge in [0.15, 0.2) is 0 Å². The van der Waals surface area contributed by atoms with Crippen molar-refractivity contribution in [3.05, 3.63) is 0 Å². The van der Waals surface area contributed by atoms with Crippen molar-refractivity contribution in [3.63, 3.8) is 0 Å². The number of primary amides is 1. The van der Waals surface area contributed by atoms with Gasteiger partial charge in [0.2, 0.25) is 0 Å². The number of ether oxygens (including phenoxy) is 1. The number of rotatable bonds is 5. The summed E-state index contributed by atoms with van der Waals surface area (Å²) in [6.07, 6.45) is 1.03. The largest absolute Gasteiger partial charge is 0.446 e. The van der Waals surface area contributed by atoms with E-state index < -0.39 is 6.09 Å². The molecule has 3 N–H and O–H groups in total. The first-order valence-electron chi connectivity index (χ1n) is 4.98. The van der Waals surface area contributed by atoms with Crippen LogP contribution < -0.4 is 11.1 Å². The zero-order valence-electron chi connectivity index (χ0n) is 9.59. The lowest BCUT2D eigenvalue weighted by Crippen LogP contribution is -2.34. The van der Waals surface area contributed by atoms with Crippen LogP contribution in [0.4, 0.5) is 4.79 Å². The maximum absolute atomic E-state index is 10.7. The molecule has 0 fully saturated rings. The van der Waals surface area contributed by atoms with Gasteiger partial charge >= 0.3 is 6.09 Å². The Labute approximate surface area is 86.2 Å². The van der Waals surface area contributed by atoms with Gasteiger partial charge in [-0.1, -0.05) is 20.8 Å². The molecule has 0 aliphatic carbocycles. The first-order valence-corrected chi connectivity index (χ1v) is 4.98. The molecule has 0 rings (SSSR count). The Morgan fingerprint density at radius 1 is 1.50 bits per heavy atom. The van der Waals surface area contributed by atoms with E-state index in [0.717, 1.165) is 19.4 Å². The highest BCUT2D eigenvalue weighted by atomic mass is 16.6. The minimum Gasteiger partial charge on any atom is -0.446 e.